The molecule has 2 rings (SSSR count). The molecular weight excluding hydrogens is 276 g/mol. The molecule has 0 atom stereocenters. The number of hydrogen-bond donors (Lipinski definition) is 1. The normalized spacial score (nSPS) is 11.4. The van der Waals surface area contributed by atoms with Gasteiger partial charge in [0.25, 0.3) is 0 Å². The van der Waals surface area contributed by atoms with E-state index >= 15 is 0 Å². The highest BCUT2D eigenvalue weighted by Crippen LogP contribution is 2.33. The average molecular weight is 293 g/mol. The van der Waals surface area contributed by atoms with Crippen molar-refractivity contribution < 1.29 is 0 Å². The Morgan fingerprint density at radius 3 is 2.47 bits per heavy atom. The number of aryl methyl sites for hydroxylation is 2. The number of nitrogen functional groups attached to an aromatic ring is 1. The number of aromatic nitrogens is 1. The van der Waals surface area contributed by atoms with E-state index in [1.54, 1.807) is 0 Å². The molecule has 0 radical (unpaired) electrons. The van der Waals surface area contributed by atoms with Gasteiger partial charge in [-0.15, -0.1) is 0 Å². The first-order valence-corrected chi connectivity index (χ1v) is 6.57. The third-order valence-corrected chi connectivity index (χ3v) is 3.55. The number of hydrogen-bond acceptors (Lipinski definition) is 2. The molecule has 0 aliphatic heterocycles. The number of pyridine rings is 1. The SMILES string of the molecule is Cc1nc2c(C)cc(Br)cc2c(N)c1C(C)C. The molecule has 0 spiro atoms. The lowest BCUT2D eigenvalue weighted by molar-refractivity contribution is 0.851. The third-order valence-electron chi connectivity index (χ3n) is 3.09. The van der Waals surface area contributed by atoms with Gasteiger partial charge >= 0.3 is 0 Å². The molecule has 0 saturated carbocycles. The highest BCUT2D eigenvalue weighted by Gasteiger charge is 2.14. The lowest BCUT2D eigenvalue weighted by Crippen LogP contribution is -2.04. The quantitative estimate of drug-likeness (QED) is 0.850. The second-order valence-electron chi connectivity index (χ2n) is 4.80. The Bertz CT molecular complexity index is 589. The zero-order valence-corrected chi connectivity index (χ0v) is 12.2. The zero-order valence-electron chi connectivity index (χ0n) is 10.6. The number of fused-ring (bicyclic) bond motifs is 1. The van der Waals surface area contributed by atoms with Crippen molar-refractivity contribution in [2.24, 2.45) is 0 Å². The van der Waals surface area contributed by atoms with E-state index in [9.17, 15) is 0 Å². The Labute approximate surface area is 110 Å². The van der Waals surface area contributed by atoms with Gasteiger partial charge in [-0.3, -0.25) is 4.98 Å². The molecule has 1 aromatic heterocycles. The largest absolute Gasteiger partial charge is 0.398 e. The van der Waals surface area contributed by atoms with E-state index in [-0.39, 0.29) is 0 Å². The molecule has 0 bridgehead atoms. The van der Waals surface area contributed by atoms with Crippen LogP contribution in [0.25, 0.3) is 10.9 Å². The van der Waals surface area contributed by atoms with Crippen molar-refractivity contribution in [1.82, 2.24) is 4.98 Å². The van der Waals surface area contributed by atoms with E-state index in [0.29, 0.717) is 5.92 Å². The van der Waals surface area contributed by atoms with Crippen molar-refractivity contribution in [3.05, 3.63) is 33.4 Å². The summed E-state index contributed by atoms with van der Waals surface area (Å²) in [6.07, 6.45) is 0. The van der Waals surface area contributed by atoms with E-state index in [1.165, 1.54) is 0 Å². The lowest BCUT2D eigenvalue weighted by Gasteiger charge is -2.16. The molecule has 90 valence electrons. The summed E-state index contributed by atoms with van der Waals surface area (Å²) in [4.78, 5) is 4.70. The summed E-state index contributed by atoms with van der Waals surface area (Å²) in [5.74, 6) is 0.395. The van der Waals surface area contributed by atoms with E-state index in [4.69, 9.17) is 10.7 Å². The first-order valence-electron chi connectivity index (χ1n) is 5.77. The van der Waals surface area contributed by atoms with Crippen LogP contribution in [0.5, 0.6) is 0 Å². The number of nitrogens with two attached hydrogens (primary N) is 1. The number of rotatable bonds is 1. The van der Waals surface area contributed by atoms with Crippen LogP contribution >= 0.6 is 15.9 Å². The van der Waals surface area contributed by atoms with Crippen molar-refractivity contribution in [3.63, 3.8) is 0 Å². The molecule has 0 saturated heterocycles. The smallest absolute Gasteiger partial charge is 0.0756 e. The third kappa shape index (κ3) is 2.04. The van der Waals surface area contributed by atoms with E-state index < -0.39 is 0 Å². The standard InChI is InChI=1S/C14H17BrN2/c1-7(2)12-9(4)17-14-8(3)5-10(15)6-11(14)13(12)16/h5-7H,1-4H3,(H2,16,17). The monoisotopic (exact) mass is 292 g/mol. The van der Waals surface area contributed by atoms with Gasteiger partial charge in [0.05, 0.1) is 5.52 Å². The molecule has 0 aliphatic carbocycles. The summed E-state index contributed by atoms with van der Waals surface area (Å²) in [6.45, 7) is 8.40. The number of anilines is 1. The lowest BCUT2D eigenvalue weighted by atomic mass is 9.96. The predicted molar refractivity (Wildman–Crippen MR) is 77.4 cm³/mol. The molecule has 2 aromatic rings. The Morgan fingerprint density at radius 2 is 1.88 bits per heavy atom. The second kappa shape index (κ2) is 4.30. The van der Waals surface area contributed by atoms with Crippen LogP contribution in [0.4, 0.5) is 5.69 Å². The van der Waals surface area contributed by atoms with E-state index in [2.05, 4.69) is 48.8 Å². The first kappa shape index (κ1) is 12.4. The van der Waals surface area contributed by atoms with Gasteiger partial charge < -0.3 is 5.73 Å². The van der Waals surface area contributed by atoms with E-state index in [1.807, 2.05) is 6.92 Å². The van der Waals surface area contributed by atoms with Gasteiger partial charge in [-0.2, -0.15) is 0 Å². The first-order chi connectivity index (χ1) is 7.91. The average Bonchev–Trinajstić information content (AvgIpc) is 2.19. The molecule has 1 heterocycles. The van der Waals surface area contributed by atoms with Gasteiger partial charge in [0.15, 0.2) is 0 Å². The fourth-order valence-electron chi connectivity index (χ4n) is 2.39. The molecule has 0 aliphatic rings. The number of halogens is 1. The molecular formula is C14H17BrN2. The summed E-state index contributed by atoms with van der Waals surface area (Å²) >= 11 is 3.51. The zero-order chi connectivity index (χ0) is 12.7. The van der Waals surface area contributed by atoms with Gasteiger partial charge in [0.1, 0.15) is 0 Å². The highest BCUT2D eigenvalue weighted by molar-refractivity contribution is 9.10. The van der Waals surface area contributed by atoms with Crippen molar-refractivity contribution in [2.75, 3.05) is 5.73 Å². The molecule has 1 aromatic carbocycles. The molecule has 0 amide bonds. The van der Waals surface area contributed by atoms with Gasteiger partial charge in [-0.25, -0.2) is 0 Å². The van der Waals surface area contributed by atoms with Gasteiger partial charge in [-0.1, -0.05) is 29.8 Å². The predicted octanol–water partition coefficient (Wildman–Crippen LogP) is 4.32. The molecule has 3 heteroatoms. The number of benzene rings is 1. The van der Waals surface area contributed by atoms with Crippen molar-refractivity contribution in [3.8, 4) is 0 Å². The number of nitrogens with zero attached hydrogens (tertiary/aromatic N) is 1. The minimum atomic E-state index is 0.395. The molecule has 2 nitrogen and oxygen atoms in total. The summed E-state index contributed by atoms with van der Waals surface area (Å²) in [7, 11) is 0. The fourth-order valence-corrected chi connectivity index (χ4v) is 2.96. The fraction of sp³-hybridized carbons (Fsp3) is 0.357. The van der Waals surface area contributed by atoms with Crippen LogP contribution < -0.4 is 5.73 Å². The minimum Gasteiger partial charge on any atom is -0.398 e. The topological polar surface area (TPSA) is 38.9 Å². The molecule has 0 fully saturated rings. The van der Waals surface area contributed by atoms with Crippen LogP contribution in [0, 0.1) is 13.8 Å². The van der Waals surface area contributed by atoms with Crippen LogP contribution in [0.15, 0.2) is 16.6 Å². The van der Waals surface area contributed by atoms with Crippen LogP contribution in [0.1, 0.15) is 36.6 Å². The van der Waals surface area contributed by atoms with Gasteiger partial charge in [-0.05, 0) is 43.0 Å². The van der Waals surface area contributed by atoms with Crippen molar-refractivity contribution >= 4 is 32.5 Å². The molecule has 17 heavy (non-hydrogen) atoms. The van der Waals surface area contributed by atoms with Gasteiger partial charge in [0.2, 0.25) is 0 Å². The Kier molecular flexibility index (Phi) is 3.13. The Hall–Kier alpha value is -1.09. The van der Waals surface area contributed by atoms with Crippen molar-refractivity contribution in [2.45, 2.75) is 33.6 Å². The summed E-state index contributed by atoms with van der Waals surface area (Å²) in [5.41, 5.74) is 11.5. The molecule has 0 unspecified atom stereocenters. The van der Waals surface area contributed by atoms with Crippen molar-refractivity contribution in [1.29, 1.82) is 0 Å². The van der Waals surface area contributed by atoms with Crippen LogP contribution in [-0.4, -0.2) is 4.98 Å². The maximum atomic E-state index is 6.30. The second-order valence-corrected chi connectivity index (χ2v) is 5.71. The highest BCUT2D eigenvalue weighted by atomic mass is 79.9. The Balaban J connectivity index is 2.92. The minimum absolute atomic E-state index is 0.395. The van der Waals surface area contributed by atoms with Gasteiger partial charge in [0, 0.05) is 21.2 Å². The summed E-state index contributed by atoms with van der Waals surface area (Å²) < 4.78 is 1.05. The maximum Gasteiger partial charge on any atom is 0.0756 e. The van der Waals surface area contributed by atoms with Crippen LogP contribution in [0.3, 0.4) is 0 Å². The van der Waals surface area contributed by atoms with Crippen LogP contribution in [-0.2, 0) is 0 Å². The van der Waals surface area contributed by atoms with Crippen LogP contribution in [0.2, 0.25) is 0 Å². The Morgan fingerprint density at radius 1 is 1.24 bits per heavy atom. The maximum absolute atomic E-state index is 6.30. The van der Waals surface area contributed by atoms with E-state index in [0.717, 1.165) is 37.9 Å². The summed E-state index contributed by atoms with van der Waals surface area (Å²) in [5, 5.41) is 1.05. The summed E-state index contributed by atoms with van der Waals surface area (Å²) in [6, 6.07) is 4.12. The molecule has 2 N–H and O–H groups in total.